The third-order valence-corrected chi connectivity index (χ3v) is 6.00. The van der Waals surface area contributed by atoms with E-state index in [0.29, 0.717) is 17.9 Å². The minimum atomic E-state index is -0.880. The van der Waals surface area contributed by atoms with Gasteiger partial charge in [0.15, 0.2) is 11.6 Å². The summed E-state index contributed by atoms with van der Waals surface area (Å²) >= 11 is 0. The van der Waals surface area contributed by atoms with Crippen LogP contribution >= 0.6 is 0 Å². The minimum Gasteiger partial charge on any atom is -0.480 e. The van der Waals surface area contributed by atoms with Gasteiger partial charge in [0.2, 0.25) is 5.91 Å². The first-order valence-electron chi connectivity index (χ1n) is 9.62. The molecule has 3 aliphatic carbocycles. The lowest BCUT2D eigenvalue weighted by Gasteiger charge is -2.42. The number of aliphatic carboxylic acids is 1. The first-order chi connectivity index (χ1) is 12.9. The second kappa shape index (κ2) is 7.19. The van der Waals surface area contributed by atoms with E-state index in [1.807, 2.05) is 4.90 Å². The number of nitrogens with zero attached hydrogens (tertiary/aromatic N) is 1. The largest absolute Gasteiger partial charge is 0.480 e. The summed E-state index contributed by atoms with van der Waals surface area (Å²) in [4.78, 5) is 25.5. The highest BCUT2D eigenvalue weighted by atomic mass is 19.2. The first-order valence-corrected chi connectivity index (χ1v) is 9.62. The topological polar surface area (TPSA) is 69.6 Å². The summed E-state index contributed by atoms with van der Waals surface area (Å²) in [6, 6.07) is 4.11. The van der Waals surface area contributed by atoms with Crippen molar-refractivity contribution in [3.05, 3.63) is 35.4 Å². The molecule has 0 saturated heterocycles. The van der Waals surface area contributed by atoms with Crippen molar-refractivity contribution in [2.24, 2.45) is 11.8 Å². The molecule has 27 heavy (non-hydrogen) atoms. The number of benzene rings is 1. The highest BCUT2D eigenvalue weighted by molar-refractivity contribution is 5.83. The van der Waals surface area contributed by atoms with E-state index in [1.54, 1.807) is 0 Å². The maximum Gasteiger partial charge on any atom is 0.317 e. The van der Waals surface area contributed by atoms with Gasteiger partial charge in [0.05, 0.1) is 6.54 Å². The molecule has 0 spiro atoms. The van der Waals surface area contributed by atoms with Gasteiger partial charge in [-0.3, -0.25) is 14.5 Å². The number of carbonyl (C=O) groups excluding carboxylic acids is 1. The molecule has 0 heterocycles. The standard InChI is InChI=1S/C20H24F2N2O3/c21-17-4-3-12(5-18(17)22)15-8-16(15)20(27)23-13-6-14(7-13)24(10-19(25)26)9-11-1-2-11/h3-5,11,13-16H,1-2,6-10H2,(H,23,27)(H,25,26). The van der Waals surface area contributed by atoms with Crippen molar-refractivity contribution in [3.63, 3.8) is 0 Å². The molecule has 0 bridgehead atoms. The van der Waals surface area contributed by atoms with Crippen molar-refractivity contribution in [2.45, 2.75) is 50.1 Å². The Bertz CT molecular complexity index is 747. The van der Waals surface area contributed by atoms with Crippen molar-refractivity contribution < 1.29 is 23.5 Å². The van der Waals surface area contributed by atoms with E-state index in [1.165, 1.54) is 25.0 Å². The van der Waals surface area contributed by atoms with Crippen molar-refractivity contribution in [3.8, 4) is 0 Å². The Balaban J connectivity index is 1.24. The summed E-state index contributed by atoms with van der Waals surface area (Å²) < 4.78 is 26.4. The number of nitrogens with one attached hydrogen (secondary N) is 1. The van der Waals surface area contributed by atoms with Gasteiger partial charge in [-0.2, -0.15) is 0 Å². The number of hydrogen-bond acceptors (Lipinski definition) is 3. The molecule has 3 aliphatic rings. The number of amides is 1. The van der Waals surface area contributed by atoms with Crippen LogP contribution in [0.4, 0.5) is 8.78 Å². The quantitative estimate of drug-likeness (QED) is 0.729. The Labute approximate surface area is 156 Å². The third-order valence-electron chi connectivity index (χ3n) is 6.00. The Kier molecular flexibility index (Phi) is 4.88. The van der Waals surface area contributed by atoms with Gasteiger partial charge in [0, 0.05) is 24.5 Å². The van der Waals surface area contributed by atoms with Crippen LogP contribution in [0.3, 0.4) is 0 Å². The first kappa shape index (κ1) is 18.3. The zero-order valence-corrected chi connectivity index (χ0v) is 15.0. The number of carboxylic acids is 1. The molecule has 1 amide bonds. The maximum absolute atomic E-state index is 13.4. The van der Waals surface area contributed by atoms with Crippen LogP contribution in [-0.2, 0) is 9.59 Å². The predicted molar refractivity (Wildman–Crippen MR) is 94.1 cm³/mol. The molecule has 7 heteroatoms. The van der Waals surface area contributed by atoms with E-state index in [2.05, 4.69) is 5.32 Å². The summed E-state index contributed by atoms with van der Waals surface area (Å²) in [5, 5.41) is 12.1. The summed E-state index contributed by atoms with van der Waals surface area (Å²) in [5.74, 6) is -2.21. The molecule has 5 nitrogen and oxygen atoms in total. The second-order valence-corrected chi connectivity index (χ2v) is 8.22. The lowest BCUT2D eigenvalue weighted by Crippen LogP contribution is -2.55. The lowest BCUT2D eigenvalue weighted by molar-refractivity contribution is -0.140. The molecule has 0 radical (unpaired) electrons. The fourth-order valence-corrected chi connectivity index (χ4v) is 4.06. The molecule has 4 rings (SSSR count). The van der Waals surface area contributed by atoms with E-state index in [9.17, 15) is 18.4 Å². The highest BCUT2D eigenvalue weighted by Gasteiger charge is 2.46. The zero-order chi connectivity index (χ0) is 19.1. The molecule has 3 fully saturated rings. The Morgan fingerprint density at radius 2 is 1.89 bits per heavy atom. The van der Waals surface area contributed by atoms with E-state index >= 15 is 0 Å². The Hall–Kier alpha value is -2.02. The lowest BCUT2D eigenvalue weighted by atomic mass is 9.85. The molecular formula is C20H24F2N2O3. The normalized spacial score (nSPS) is 29.3. The van der Waals surface area contributed by atoms with Crippen LogP contribution in [0.15, 0.2) is 18.2 Å². The molecule has 0 aliphatic heterocycles. The van der Waals surface area contributed by atoms with Gasteiger partial charge in [-0.15, -0.1) is 0 Å². The second-order valence-electron chi connectivity index (χ2n) is 8.22. The molecule has 2 N–H and O–H groups in total. The van der Waals surface area contributed by atoms with Gasteiger partial charge in [-0.05, 0) is 61.6 Å². The summed E-state index contributed by atoms with van der Waals surface area (Å²) in [7, 11) is 0. The number of halogens is 2. The number of rotatable bonds is 8. The zero-order valence-electron chi connectivity index (χ0n) is 15.0. The molecule has 146 valence electrons. The van der Waals surface area contributed by atoms with Gasteiger partial charge < -0.3 is 10.4 Å². The Morgan fingerprint density at radius 3 is 2.52 bits per heavy atom. The molecule has 1 aromatic carbocycles. The summed E-state index contributed by atoms with van der Waals surface area (Å²) in [6.45, 7) is 0.890. The van der Waals surface area contributed by atoms with Gasteiger partial charge in [0.1, 0.15) is 0 Å². The van der Waals surface area contributed by atoms with Crippen LogP contribution in [0, 0.1) is 23.5 Å². The Morgan fingerprint density at radius 1 is 1.15 bits per heavy atom. The highest BCUT2D eigenvalue weighted by Crippen LogP contribution is 2.48. The smallest absolute Gasteiger partial charge is 0.317 e. The monoisotopic (exact) mass is 378 g/mol. The van der Waals surface area contributed by atoms with Crippen LogP contribution in [0.2, 0.25) is 0 Å². The molecule has 2 unspecified atom stereocenters. The molecule has 2 atom stereocenters. The van der Waals surface area contributed by atoms with Crippen molar-refractivity contribution in [2.75, 3.05) is 13.1 Å². The summed E-state index contributed by atoms with van der Waals surface area (Å²) in [6.07, 6.45) is 4.55. The van der Waals surface area contributed by atoms with Crippen LogP contribution < -0.4 is 5.32 Å². The van der Waals surface area contributed by atoms with Crippen LogP contribution in [0.1, 0.15) is 43.6 Å². The SMILES string of the molecule is O=C(O)CN(CC1CC1)C1CC(NC(=O)C2CC2c2ccc(F)c(F)c2)C1. The van der Waals surface area contributed by atoms with Gasteiger partial charge >= 0.3 is 5.97 Å². The van der Waals surface area contributed by atoms with Gasteiger partial charge in [0.25, 0.3) is 0 Å². The molecular weight excluding hydrogens is 354 g/mol. The predicted octanol–water partition coefficient (Wildman–Crippen LogP) is 2.51. The van der Waals surface area contributed by atoms with Crippen molar-refractivity contribution >= 4 is 11.9 Å². The fraction of sp³-hybridized carbons (Fsp3) is 0.600. The average molecular weight is 378 g/mol. The molecule has 1 aromatic rings. The fourth-order valence-electron chi connectivity index (χ4n) is 4.06. The number of carboxylic acid groups (broad SMARTS) is 1. The maximum atomic E-state index is 13.4. The average Bonchev–Trinajstić information content (AvgIpc) is 3.45. The van der Waals surface area contributed by atoms with Crippen molar-refractivity contribution in [1.82, 2.24) is 10.2 Å². The summed E-state index contributed by atoms with van der Waals surface area (Å²) in [5.41, 5.74) is 0.664. The van der Waals surface area contributed by atoms with Crippen molar-refractivity contribution in [1.29, 1.82) is 0 Å². The molecule has 0 aromatic heterocycles. The van der Waals surface area contributed by atoms with Crippen LogP contribution in [0.5, 0.6) is 0 Å². The van der Waals surface area contributed by atoms with E-state index < -0.39 is 17.6 Å². The molecule has 3 saturated carbocycles. The number of carbonyl (C=O) groups is 2. The number of hydrogen-bond donors (Lipinski definition) is 2. The van der Waals surface area contributed by atoms with E-state index in [-0.39, 0.29) is 36.4 Å². The minimum absolute atomic E-state index is 0.0415. The van der Waals surface area contributed by atoms with E-state index in [0.717, 1.165) is 25.5 Å². The van der Waals surface area contributed by atoms with Crippen LogP contribution in [0.25, 0.3) is 0 Å². The van der Waals surface area contributed by atoms with E-state index in [4.69, 9.17) is 5.11 Å². The third kappa shape index (κ3) is 4.29. The van der Waals surface area contributed by atoms with Gasteiger partial charge in [-0.1, -0.05) is 6.07 Å². The van der Waals surface area contributed by atoms with Crippen LogP contribution in [-0.4, -0.2) is 47.1 Å². The van der Waals surface area contributed by atoms with Gasteiger partial charge in [-0.25, -0.2) is 8.78 Å².